The van der Waals surface area contributed by atoms with E-state index in [2.05, 4.69) is 10.6 Å². The fourth-order valence-electron chi connectivity index (χ4n) is 2.95. The first kappa shape index (κ1) is 20.9. The van der Waals surface area contributed by atoms with Crippen molar-refractivity contribution >= 4 is 17.9 Å². The number of amides is 2. The number of furan rings is 1. The number of nitrogens with one attached hydrogen (secondary N) is 2. The summed E-state index contributed by atoms with van der Waals surface area (Å²) in [5.74, 6) is 0.301. The molecule has 2 aromatic carbocycles. The van der Waals surface area contributed by atoms with E-state index in [1.807, 2.05) is 37.3 Å². The summed E-state index contributed by atoms with van der Waals surface area (Å²) in [4.78, 5) is 25.7. The van der Waals surface area contributed by atoms with Crippen molar-refractivity contribution in [1.82, 2.24) is 10.6 Å². The molecule has 6 nitrogen and oxygen atoms in total. The van der Waals surface area contributed by atoms with E-state index in [1.165, 1.54) is 12.3 Å². The number of hydrogen-bond donors (Lipinski definition) is 2. The monoisotopic (exact) mass is 404 g/mol. The summed E-state index contributed by atoms with van der Waals surface area (Å²) in [5.41, 5.74) is 1.50. The van der Waals surface area contributed by atoms with E-state index in [1.54, 1.807) is 43.5 Å². The van der Waals surface area contributed by atoms with Crippen LogP contribution in [0.15, 0.2) is 83.1 Å². The SMILES string of the molecule is CC[C@@H](NC(=O)/C(=C/c1ccco1)NC(=O)c1ccc(OC)cc1)c1ccccc1. The normalized spacial score (nSPS) is 12.1. The summed E-state index contributed by atoms with van der Waals surface area (Å²) in [6, 6.07) is 19.6. The molecular weight excluding hydrogens is 380 g/mol. The van der Waals surface area contributed by atoms with E-state index in [0.717, 1.165) is 5.56 Å². The highest BCUT2D eigenvalue weighted by molar-refractivity contribution is 6.05. The van der Waals surface area contributed by atoms with Gasteiger partial charge in [0, 0.05) is 11.6 Å². The molecule has 0 radical (unpaired) electrons. The lowest BCUT2D eigenvalue weighted by molar-refractivity contribution is -0.118. The summed E-state index contributed by atoms with van der Waals surface area (Å²) in [6.45, 7) is 1.99. The molecule has 0 saturated heterocycles. The lowest BCUT2D eigenvalue weighted by Gasteiger charge is -2.19. The average molecular weight is 404 g/mol. The molecule has 0 bridgehead atoms. The fraction of sp³-hybridized carbons (Fsp3) is 0.167. The molecule has 0 aliphatic rings. The van der Waals surface area contributed by atoms with Crippen LogP contribution in [0.4, 0.5) is 0 Å². The number of benzene rings is 2. The van der Waals surface area contributed by atoms with Crippen LogP contribution in [0.1, 0.15) is 41.1 Å². The summed E-state index contributed by atoms with van der Waals surface area (Å²) in [5, 5.41) is 5.69. The third-order valence-electron chi connectivity index (χ3n) is 4.59. The molecule has 6 heteroatoms. The predicted octanol–water partition coefficient (Wildman–Crippen LogP) is 4.33. The highest BCUT2D eigenvalue weighted by Crippen LogP contribution is 2.17. The molecule has 2 N–H and O–H groups in total. The first-order valence-corrected chi connectivity index (χ1v) is 9.67. The Labute approximate surface area is 175 Å². The van der Waals surface area contributed by atoms with Gasteiger partial charge in [0.25, 0.3) is 11.8 Å². The Morgan fingerprint density at radius 2 is 1.77 bits per heavy atom. The van der Waals surface area contributed by atoms with Gasteiger partial charge in [-0.15, -0.1) is 0 Å². The van der Waals surface area contributed by atoms with Gasteiger partial charge in [0.15, 0.2) is 0 Å². The van der Waals surface area contributed by atoms with Gasteiger partial charge in [-0.1, -0.05) is 37.3 Å². The quantitative estimate of drug-likeness (QED) is 0.548. The van der Waals surface area contributed by atoms with Crippen LogP contribution in [0, 0.1) is 0 Å². The third-order valence-corrected chi connectivity index (χ3v) is 4.59. The minimum atomic E-state index is -0.404. The van der Waals surface area contributed by atoms with Gasteiger partial charge in [0.1, 0.15) is 17.2 Å². The number of ether oxygens (including phenoxy) is 1. The Morgan fingerprint density at radius 3 is 2.37 bits per heavy atom. The van der Waals surface area contributed by atoms with Gasteiger partial charge in [0.05, 0.1) is 19.4 Å². The molecule has 0 spiro atoms. The molecule has 0 fully saturated rings. The molecule has 30 heavy (non-hydrogen) atoms. The van der Waals surface area contributed by atoms with E-state index in [4.69, 9.17) is 9.15 Å². The van der Waals surface area contributed by atoms with Crippen molar-refractivity contribution in [3.63, 3.8) is 0 Å². The molecule has 0 aliphatic heterocycles. The molecular formula is C24H24N2O4. The molecule has 1 atom stereocenters. The molecule has 1 heterocycles. The lowest BCUT2D eigenvalue weighted by atomic mass is 10.0. The number of carbonyl (C=O) groups is 2. The molecule has 1 aromatic heterocycles. The van der Waals surface area contributed by atoms with E-state index >= 15 is 0 Å². The maximum Gasteiger partial charge on any atom is 0.268 e. The zero-order valence-electron chi connectivity index (χ0n) is 16.9. The second kappa shape index (κ2) is 10.1. The van der Waals surface area contributed by atoms with Crippen molar-refractivity contribution < 1.29 is 18.7 Å². The molecule has 0 unspecified atom stereocenters. The van der Waals surface area contributed by atoms with Crippen LogP contribution in [0.25, 0.3) is 6.08 Å². The van der Waals surface area contributed by atoms with Gasteiger partial charge < -0.3 is 19.8 Å². The minimum Gasteiger partial charge on any atom is -0.497 e. The predicted molar refractivity (Wildman–Crippen MR) is 115 cm³/mol. The zero-order chi connectivity index (χ0) is 21.3. The Hall–Kier alpha value is -3.80. The standard InChI is InChI=1S/C24H24N2O4/c1-3-21(17-8-5-4-6-9-17)25-24(28)22(16-20-10-7-15-30-20)26-23(27)18-11-13-19(29-2)14-12-18/h4-16,21H,3H2,1-2H3,(H,25,28)(H,26,27)/b22-16-/t21-/m1/s1. The largest absolute Gasteiger partial charge is 0.497 e. The summed E-state index contributed by atoms with van der Waals surface area (Å²) >= 11 is 0. The maximum absolute atomic E-state index is 13.0. The Morgan fingerprint density at radius 1 is 1.03 bits per heavy atom. The molecule has 3 aromatic rings. The molecule has 0 aliphatic carbocycles. The number of carbonyl (C=O) groups excluding carboxylic acids is 2. The number of methoxy groups -OCH3 is 1. The van der Waals surface area contributed by atoms with Crippen LogP contribution in [-0.2, 0) is 4.79 Å². The average Bonchev–Trinajstić information content (AvgIpc) is 3.30. The Kier molecular flexibility index (Phi) is 7.05. The first-order valence-electron chi connectivity index (χ1n) is 9.67. The summed E-state index contributed by atoms with van der Waals surface area (Å²) in [7, 11) is 1.56. The van der Waals surface area contributed by atoms with E-state index in [-0.39, 0.29) is 11.7 Å². The smallest absolute Gasteiger partial charge is 0.268 e. The topological polar surface area (TPSA) is 80.6 Å². The van der Waals surface area contributed by atoms with Gasteiger partial charge in [-0.25, -0.2) is 0 Å². The highest BCUT2D eigenvalue weighted by Gasteiger charge is 2.19. The zero-order valence-corrected chi connectivity index (χ0v) is 16.9. The van der Waals surface area contributed by atoms with Crippen LogP contribution in [0.2, 0.25) is 0 Å². The Balaban J connectivity index is 1.81. The van der Waals surface area contributed by atoms with Crippen LogP contribution in [0.5, 0.6) is 5.75 Å². The van der Waals surface area contributed by atoms with Gasteiger partial charge in [-0.3, -0.25) is 9.59 Å². The molecule has 2 amide bonds. The van der Waals surface area contributed by atoms with Crippen LogP contribution >= 0.6 is 0 Å². The summed E-state index contributed by atoms with van der Waals surface area (Å²) in [6.07, 6.45) is 3.72. The second-order valence-electron chi connectivity index (χ2n) is 6.60. The van der Waals surface area contributed by atoms with Gasteiger partial charge in [0.2, 0.25) is 0 Å². The van der Waals surface area contributed by atoms with Gasteiger partial charge in [-0.2, -0.15) is 0 Å². The number of hydrogen-bond acceptors (Lipinski definition) is 4. The van der Waals surface area contributed by atoms with Crippen molar-refractivity contribution in [2.75, 3.05) is 7.11 Å². The van der Waals surface area contributed by atoms with Crippen molar-refractivity contribution in [2.24, 2.45) is 0 Å². The van der Waals surface area contributed by atoms with Crippen LogP contribution in [0.3, 0.4) is 0 Å². The molecule has 154 valence electrons. The van der Waals surface area contributed by atoms with E-state index in [9.17, 15) is 9.59 Å². The van der Waals surface area contributed by atoms with Crippen molar-refractivity contribution in [1.29, 1.82) is 0 Å². The molecule has 3 rings (SSSR count). The van der Waals surface area contributed by atoms with Crippen molar-refractivity contribution in [2.45, 2.75) is 19.4 Å². The van der Waals surface area contributed by atoms with Crippen molar-refractivity contribution in [3.05, 3.63) is 95.6 Å². The van der Waals surface area contributed by atoms with Crippen LogP contribution in [-0.4, -0.2) is 18.9 Å². The van der Waals surface area contributed by atoms with Gasteiger partial charge in [-0.05, 0) is 48.4 Å². The van der Waals surface area contributed by atoms with Crippen molar-refractivity contribution in [3.8, 4) is 5.75 Å². The highest BCUT2D eigenvalue weighted by atomic mass is 16.5. The van der Waals surface area contributed by atoms with E-state index < -0.39 is 11.8 Å². The van der Waals surface area contributed by atoms with Crippen LogP contribution < -0.4 is 15.4 Å². The third kappa shape index (κ3) is 5.38. The first-order chi connectivity index (χ1) is 14.6. The minimum absolute atomic E-state index is 0.0974. The maximum atomic E-state index is 13.0. The number of rotatable bonds is 8. The Bertz CT molecular complexity index is 993. The summed E-state index contributed by atoms with van der Waals surface area (Å²) < 4.78 is 10.4. The fourth-order valence-corrected chi connectivity index (χ4v) is 2.95. The molecule has 0 saturated carbocycles. The van der Waals surface area contributed by atoms with Gasteiger partial charge >= 0.3 is 0 Å². The lowest BCUT2D eigenvalue weighted by Crippen LogP contribution is -2.36. The second-order valence-corrected chi connectivity index (χ2v) is 6.60. The van der Waals surface area contributed by atoms with E-state index in [0.29, 0.717) is 23.5 Å².